The normalized spacial score (nSPS) is 10.1. The summed E-state index contributed by atoms with van der Waals surface area (Å²) in [5.74, 6) is 0.273. The molecule has 0 aliphatic rings. The van der Waals surface area contributed by atoms with Crippen LogP contribution in [-0.4, -0.2) is 19.7 Å². The second-order valence-electron chi connectivity index (χ2n) is 4.61. The van der Waals surface area contributed by atoms with Crippen LogP contribution < -0.4 is 15.4 Å². The lowest BCUT2D eigenvalue weighted by atomic mass is 10.1. The monoisotopic (exact) mass is 322 g/mol. The van der Waals surface area contributed by atoms with Gasteiger partial charge in [0.2, 0.25) is 0 Å². The van der Waals surface area contributed by atoms with E-state index in [-0.39, 0.29) is 11.8 Å². The number of methoxy groups -OCH3 is 1. The number of carbonyl (C=O) groups excluding carboxylic acids is 1. The average molecular weight is 323 g/mol. The third-order valence-corrected chi connectivity index (χ3v) is 3.32. The molecule has 0 fully saturated rings. The van der Waals surface area contributed by atoms with Gasteiger partial charge in [-0.1, -0.05) is 23.7 Å². The minimum absolute atomic E-state index is 0.272. The highest BCUT2D eigenvalue weighted by atomic mass is 35.5. The highest BCUT2D eigenvalue weighted by Crippen LogP contribution is 2.27. The maximum Gasteiger partial charge on any atom is 0.319 e. The molecule has 0 spiro atoms. The van der Waals surface area contributed by atoms with E-state index in [2.05, 4.69) is 10.6 Å². The Morgan fingerprint density at radius 1 is 1.23 bits per heavy atom. The lowest BCUT2D eigenvalue weighted by Gasteiger charge is -2.09. The van der Waals surface area contributed by atoms with Crippen LogP contribution in [0.3, 0.4) is 0 Å². The van der Waals surface area contributed by atoms with Crippen molar-refractivity contribution in [1.29, 1.82) is 0 Å². The van der Waals surface area contributed by atoms with Gasteiger partial charge in [0.1, 0.15) is 11.6 Å². The molecular formula is C16H16ClFN2O2. The van der Waals surface area contributed by atoms with E-state index < -0.39 is 0 Å². The number of ether oxygens (including phenoxy) is 1. The molecule has 0 bridgehead atoms. The van der Waals surface area contributed by atoms with Crippen molar-refractivity contribution in [2.24, 2.45) is 0 Å². The Bertz CT molecular complexity index is 647. The van der Waals surface area contributed by atoms with Gasteiger partial charge in [0.15, 0.2) is 0 Å². The van der Waals surface area contributed by atoms with Crippen LogP contribution in [0.2, 0.25) is 5.02 Å². The van der Waals surface area contributed by atoms with Crippen molar-refractivity contribution < 1.29 is 13.9 Å². The quantitative estimate of drug-likeness (QED) is 0.878. The molecule has 0 radical (unpaired) electrons. The molecule has 0 unspecified atom stereocenters. The molecule has 0 aliphatic heterocycles. The Kier molecular flexibility index (Phi) is 5.61. The Balaban J connectivity index is 1.80. The van der Waals surface area contributed by atoms with Crippen molar-refractivity contribution in [3.63, 3.8) is 0 Å². The molecule has 2 rings (SSSR count). The predicted molar refractivity (Wildman–Crippen MR) is 85.1 cm³/mol. The highest BCUT2D eigenvalue weighted by Gasteiger charge is 2.05. The van der Waals surface area contributed by atoms with E-state index in [1.165, 1.54) is 19.2 Å². The van der Waals surface area contributed by atoms with Gasteiger partial charge in [0, 0.05) is 12.2 Å². The molecule has 6 heteroatoms. The zero-order chi connectivity index (χ0) is 15.9. The first-order valence-corrected chi connectivity index (χ1v) is 7.09. The number of nitrogens with one attached hydrogen (secondary N) is 2. The fraction of sp³-hybridized carbons (Fsp3) is 0.188. The van der Waals surface area contributed by atoms with E-state index in [1.807, 2.05) is 0 Å². The van der Waals surface area contributed by atoms with Crippen molar-refractivity contribution >= 4 is 23.3 Å². The van der Waals surface area contributed by atoms with E-state index in [1.54, 1.807) is 30.3 Å². The summed E-state index contributed by atoms with van der Waals surface area (Å²) in [6, 6.07) is 10.8. The molecule has 22 heavy (non-hydrogen) atoms. The van der Waals surface area contributed by atoms with Crippen LogP contribution in [0.4, 0.5) is 14.9 Å². The fourth-order valence-electron chi connectivity index (χ4n) is 1.89. The van der Waals surface area contributed by atoms with Gasteiger partial charge in [-0.15, -0.1) is 0 Å². The first-order valence-electron chi connectivity index (χ1n) is 6.71. The van der Waals surface area contributed by atoms with Crippen molar-refractivity contribution in [1.82, 2.24) is 5.32 Å². The summed E-state index contributed by atoms with van der Waals surface area (Å²) >= 11 is 5.98. The lowest BCUT2D eigenvalue weighted by Crippen LogP contribution is -2.30. The third-order valence-electron chi connectivity index (χ3n) is 3.02. The topological polar surface area (TPSA) is 50.4 Å². The van der Waals surface area contributed by atoms with Gasteiger partial charge in [0.25, 0.3) is 0 Å². The number of carbonyl (C=O) groups is 1. The predicted octanol–water partition coefficient (Wildman–Crippen LogP) is 3.85. The summed E-state index contributed by atoms with van der Waals surface area (Å²) in [4.78, 5) is 11.8. The zero-order valence-electron chi connectivity index (χ0n) is 12.0. The summed E-state index contributed by atoms with van der Waals surface area (Å²) in [7, 11) is 1.52. The Hall–Kier alpha value is -2.27. The van der Waals surface area contributed by atoms with Crippen LogP contribution in [0, 0.1) is 5.82 Å². The molecule has 0 aliphatic carbocycles. The van der Waals surface area contributed by atoms with E-state index >= 15 is 0 Å². The SMILES string of the molecule is COc1ccc(NC(=O)NCCc2ccc(F)cc2)cc1Cl. The Morgan fingerprint density at radius 2 is 1.95 bits per heavy atom. The second kappa shape index (κ2) is 7.66. The Morgan fingerprint density at radius 3 is 2.59 bits per heavy atom. The van der Waals surface area contributed by atoms with Gasteiger partial charge in [-0.2, -0.15) is 0 Å². The molecule has 2 aromatic rings. The van der Waals surface area contributed by atoms with Crippen molar-refractivity contribution in [3.05, 3.63) is 58.9 Å². The van der Waals surface area contributed by atoms with Gasteiger partial charge >= 0.3 is 6.03 Å². The van der Waals surface area contributed by atoms with Crippen molar-refractivity contribution in [2.75, 3.05) is 19.0 Å². The maximum absolute atomic E-state index is 12.8. The minimum Gasteiger partial charge on any atom is -0.495 e. The smallest absolute Gasteiger partial charge is 0.319 e. The summed E-state index contributed by atoms with van der Waals surface area (Å²) in [6.07, 6.45) is 0.622. The van der Waals surface area contributed by atoms with Crippen LogP contribution in [0.25, 0.3) is 0 Å². The van der Waals surface area contributed by atoms with Gasteiger partial charge in [-0.05, 0) is 42.3 Å². The fourth-order valence-corrected chi connectivity index (χ4v) is 2.15. The number of rotatable bonds is 5. The molecular weight excluding hydrogens is 307 g/mol. The molecule has 2 amide bonds. The molecule has 0 saturated carbocycles. The summed E-state index contributed by atoms with van der Waals surface area (Å²) in [5, 5.41) is 5.83. The van der Waals surface area contributed by atoms with Crippen molar-refractivity contribution in [3.8, 4) is 5.75 Å². The van der Waals surface area contributed by atoms with E-state index in [0.717, 1.165) is 5.56 Å². The number of hydrogen-bond donors (Lipinski definition) is 2. The second-order valence-corrected chi connectivity index (χ2v) is 5.01. The number of benzene rings is 2. The van der Waals surface area contributed by atoms with Gasteiger partial charge < -0.3 is 15.4 Å². The molecule has 0 aromatic heterocycles. The van der Waals surface area contributed by atoms with Crippen molar-refractivity contribution in [2.45, 2.75) is 6.42 Å². The summed E-state index contributed by atoms with van der Waals surface area (Å²) in [6.45, 7) is 0.446. The van der Waals surface area contributed by atoms with Gasteiger partial charge in [-0.3, -0.25) is 0 Å². The van der Waals surface area contributed by atoms with Crippen LogP contribution in [0.1, 0.15) is 5.56 Å². The molecule has 116 valence electrons. The zero-order valence-corrected chi connectivity index (χ0v) is 12.8. The minimum atomic E-state index is -0.330. The van der Waals surface area contributed by atoms with E-state index in [4.69, 9.17) is 16.3 Å². The largest absolute Gasteiger partial charge is 0.495 e. The number of urea groups is 1. The first-order chi connectivity index (χ1) is 10.6. The molecule has 2 N–H and O–H groups in total. The molecule has 0 heterocycles. The maximum atomic E-state index is 12.8. The first kappa shape index (κ1) is 16.1. The number of anilines is 1. The van der Waals surface area contributed by atoms with Crippen LogP contribution in [0.5, 0.6) is 5.75 Å². The average Bonchev–Trinajstić information content (AvgIpc) is 2.49. The van der Waals surface area contributed by atoms with Crippen LogP contribution in [-0.2, 0) is 6.42 Å². The number of amides is 2. The van der Waals surface area contributed by atoms with Gasteiger partial charge in [-0.25, -0.2) is 9.18 Å². The molecule has 0 atom stereocenters. The third kappa shape index (κ3) is 4.63. The van der Waals surface area contributed by atoms with Crippen LogP contribution >= 0.6 is 11.6 Å². The van der Waals surface area contributed by atoms with E-state index in [0.29, 0.717) is 29.4 Å². The molecule has 2 aromatic carbocycles. The summed E-state index contributed by atoms with van der Waals surface area (Å²) in [5.41, 5.74) is 1.53. The number of halogens is 2. The molecule has 0 saturated heterocycles. The Labute approximate surface area is 133 Å². The van der Waals surface area contributed by atoms with Gasteiger partial charge in [0.05, 0.1) is 12.1 Å². The number of hydrogen-bond acceptors (Lipinski definition) is 2. The molecule has 4 nitrogen and oxygen atoms in total. The standard InChI is InChI=1S/C16H16ClFN2O2/c1-22-15-7-6-13(10-14(15)17)20-16(21)19-9-8-11-2-4-12(18)5-3-11/h2-7,10H,8-9H2,1H3,(H2,19,20,21). The lowest BCUT2D eigenvalue weighted by molar-refractivity contribution is 0.252. The van der Waals surface area contributed by atoms with Crippen LogP contribution in [0.15, 0.2) is 42.5 Å². The van der Waals surface area contributed by atoms with E-state index in [9.17, 15) is 9.18 Å². The highest BCUT2D eigenvalue weighted by molar-refractivity contribution is 6.32. The summed E-state index contributed by atoms with van der Waals surface area (Å²) < 4.78 is 17.8.